The number of carbonyl (C=O) groups excluding carboxylic acids is 1. The maximum Gasteiger partial charge on any atom is 0.223 e. The molecule has 2 aromatic rings. The maximum absolute atomic E-state index is 12.7. The molecular weight excluding hydrogens is 372 g/mol. The first kappa shape index (κ1) is 22.4. The lowest BCUT2D eigenvalue weighted by Crippen LogP contribution is -2.47. The Morgan fingerprint density at radius 2 is 1.89 bits per heavy atom. The Labute approximate surface area is 174 Å². The van der Waals surface area contributed by atoms with Crippen LogP contribution in [0.4, 0.5) is 0 Å². The molecule has 1 unspecified atom stereocenters. The molecule has 6 heteroatoms. The third kappa shape index (κ3) is 5.15. The van der Waals surface area contributed by atoms with Crippen LogP contribution in [-0.4, -0.2) is 39.7 Å². The quantitative estimate of drug-likeness (QED) is 0.800. The van der Waals surface area contributed by atoms with Crippen LogP contribution in [-0.2, 0) is 17.8 Å². The van der Waals surface area contributed by atoms with E-state index in [1.54, 1.807) is 0 Å². The molecule has 5 nitrogen and oxygen atoms in total. The van der Waals surface area contributed by atoms with Crippen LogP contribution in [0.5, 0.6) is 0 Å². The van der Waals surface area contributed by atoms with Gasteiger partial charge in [0, 0.05) is 31.2 Å². The topological polar surface area (TPSA) is 64.2 Å². The van der Waals surface area contributed by atoms with Gasteiger partial charge in [0.05, 0.1) is 12.2 Å². The number of aryl methyl sites for hydroxylation is 2. The van der Waals surface area contributed by atoms with Gasteiger partial charge in [0.15, 0.2) is 0 Å². The summed E-state index contributed by atoms with van der Waals surface area (Å²) in [6.45, 7) is 8.44. The lowest BCUT2D eigenvalue weighted by Gasteiger charge is -2.35. The predicted molar refractivity (Wildman–Crippen MR) is 116 cm³/mol. The molecule has 0 spiro atoms. The zero-order valence-corrected chi connectivity index (χ0v) is 18.1. The van der Waals surface area contributed by atoms with Crippen LogP contribution in [0, 0.1) is 20.8 Å². The van der Waals surface area contributed by atoms with E-state index in [2.05, 4.69) is 42.8 Å². The zero-order valence-electron chi connectivity index (χ0n) is 17.3. The monoisotopic (exact) mass is 404 g/mol. The number of halogens is 1. The SMILES string of the molecule is Cc1ccc(Cn2nc(C)c(CCC(=O)N3CCCCC3CN)c2C)cc1.Cl. The highest BCUT2D eigenvalue weighted by molar-refractivity contribution is 5.85. The number of nitrogens with zero attached hydrogens (tertiary/aromatic N) is 3. The highest BCUT2D eigenvalue weighted by Crippen LogP contribution is 2.20. The Morgan fingerprint density at radius 3 is 2.57 bits per heavy atom. The van der Waals surface area contributed by atoms with E-state index < -0.39 is 0 Å². The Bertz CT molecular complexity index is 785. The van der Waals surface area contributed by atoms with Gasteiger partial charge in [0.2, 0.25) is 5.91 Å². The molecule has 0 radical (unpaired) electrons. The summed E-state index contributed by atoms with van der Waals surface area (Å²) in [6, 6.07) is 8.79. The van der Waals surface area contributed by atoms with Gasteiger partial charge in [0.1, 0.15) is 0 Å². The molecule has 0 bridgehead atoms. The van der Waals surface area contributed by atoms with Crippen molar-refractivity contribution in [2.45, 2.75) is 65.5 Å². The van der Waals surface area contributed by atoms with E-state index in [4.69, 9.17) is 10.8 Å². The van der Waals surface area contributed by atoms with Gasteiger partial charge in [-0.25, -0.2) is 0 Å². The fraction of sp³-hybridized carbons (Fsp3) is 0.545. The van der Waals surface area contributed by atoms with Crippen LogP contribution in [0.15, 0.2) is 24.3 Å². The second-order valence-electron chi connectivity index (χ2n) is 7.77. The van der Waals surface area contributed by atoms with Gasteiger partial charge in [-0.1, -0.05) is 29.8 Å². The largest absolute Gasteiger partial charge is 0.338 e. The summed E-state index contributed by atoms with van der Waals surface area (Å²) < 4.78 is 2.06. The van der Waals surface area contributed by atoms with E-state index in [-0.39, 0.29) is 24.4 Å². The second-order valence-corrected chi connectivity index (χ2v) is 7.77. The molecule has 0 saturated carbocycles. The minimum atomic E-state index is 0. The Hall–Kier alpha value is -1.85. The molecule has 1 amide bonds. The molecule has 3 rings (SSSR count). The van der Waals surface area contributed by atoms with Crippen molar-refractivity contribution in [2.24, 2.45) is 5.73 Å². The zero-order chi connectivity index (χ0) is 19.4. The highest BCUT2D eigenvalue weighted by Gasteiger charge is 2.25. The normalized spacial score (nSPS) is 16.7. The molecule has 1 aromatic carbocycles. The molecule has 1 aliphatic rings. The molecule has 2 N–H and O–H groups in total. The van der Waals surface area contributed by atoms with Gasteiger partial charge in [-0.3, -0.25) is 9.48 Å². The molecular formula is C22H33ClN4O. The van der Waals surface area contributed by atoms with Gasteiger partial charge in [0.25, 0.3) is 0 Å². The van der Waals surface area contributed by atoms with Crippen molar-refractivity contribution >= 4 is 18.3 Å². The minimum Gasteiger partial charge on any atom is -0.338 e. The summed E-state index contributed by atoms with van der Waals surface area (Å²) in [4.78, 5) is 14.7. The molecule has 1 aliphatic heterocycles. The number of benzene rings is 1. The van der Waals surface area contributed by atoms with Crippen molar-refractivity contribution in [3.63, 3.8) is 0 Å². The van der Waals surface area contributed by atoms with Crippen LogP contribution in [0.3, 0.4) is 0 Å². The van der Waals surface area contributed by atoms with E-state index in [1.165, 1.54) is 23.1 Å². The molecule has 0 aliphatic carbocycles. The van der Waals surface area contributed by atoms with E-state index in [1.807, 2.05) is 11.8 Å². The fourth-order valence-corrected chi connectivity index (χ4v) is 4.07. The molecule has 2 heterocycles. The van der Waals surface area contributed by atoms with Crippen LogP contribution in [0.25, 0.3) is 0 Å². The summed E-state index contributed by atoms with van der Waals surface area (Å²) in [6.07, 6.45) is 4.59. The van der Waals surface area contributed by atoms with Gasteiger partial charge < -0.3 is 10.6 Å². The van der Waals surface area contributed by atoms with Crippen molar-refractivity contribution in [1.82, 2.24) is 14.7 Å². The van der Waals surface area contributed by atoms with Crippen LogP contribution in [0.2, 0.25) is 0 Å². The van der Waals surface area contributed by atoms with Crippen LogP contribution >= 0.6 is 12.4 Å². The van der Waals surface area contributed by atoms with Gasteiger partial charge in [-0.15, -0.1) is 12.4 Å². The number of hydrogen-bond acceptors (Lipinski definition) is 3. The molecule has 1 fully saturated rings. The van der Waals surface area contributed by atoms with E-state index >= 15 is 0 Å². The summed E-state index contributed by atoms with van der Waals surface area (Å²) in [5.74, 6) is 0.232. The predicted octanol–water partition coefficient (Wildman–Crippen LogP) is 3.55. The van der Waals surface area contributed by atoms with E-state index in [0.29, 0.717) is 13.0 Å². The highest BCUT2D eigenvalue weighted by atomic mass is 35.5. The van der Waals surface area contributed by atoms with Crippen molar-refractivity contribution in [2.75, 3.05) is 13.1 Å². The summed E-state index contributed by atoms with van der Waals surface area (Å²) in [7, 11) is 0. The van der Waals surface area contributed by atoms with E-state index in [9.17, 15) is 4.79 Å². The van der Waals surface area contributed by atoms with Gasteiger partial charge >= 0.3 is 0 Å². The van der Waals surface area contributed by atoms with Crippen molar-refractivity contribution in [3.05, 3.63) is 52.3 Å². The number of amides is 1. The smallest absolute Gasteiger partial charge is 0.223 e. The van der Waals surface area contributed by atoms with Crippen LogP contribution in [0.1, 0.15) is 53.8 Å². The van der Waals surface area contributed by atoms with Gasteiger partial charge in [-0.2, -0.15) is 5.10 Å². The molecule has 1 aromatic heterocycles. The summed E-state index contributed by atoms with van der Waals surface area (Å²) in [5, 5.41) is 4.72. The number of carbonyl (C=O) groups is 1. The molecule has 1 atom stereocenters. The van der Waals surface area contributed by atoms with E-state index in [0.717, 1.165) is 43.7 Å². The first-order chi connectivity index (χ1) is 13.0. The number of nitrogens with two attached hydrogens (primary N) is 1. The standard InChI is InChI=1S/C22H32N4O.ClH/c1-16-7-9-19(10-8-16)15-26-18(3)21(17(2)24-26)11-12-22(27)25-13-5-4-6-20(25)14-23;/h7-10,20H,4-6,11-15,23H2,1-3H3;1H. The Kier molecular flexibility index (Phi) is 8.08. The van der Waals surface area contributed by atoms with Crippen molar-refractivity contribution in [1.29, 1.82) is 0 Å². The maximum atomic E-state index is 12.7. The first-order valence-corrected chi connectivity index (χ1v) is 10.1. The summed E-state index contributed by atoms with van der Waals surface area (Å²) >= 11 is 0. The summed E-state index contributed by atoms with van der Waals surface area (Å²) in [5.41, 5.74) is 11.8. The number of hydrogen-bond donors (Lipinski definition) is 1. The van der Waals surface area contributed by atoms with Crippen LogP contribution < -0.4 is 5.73 Å². The average molecular weight is 405 g/mol. The second kappa shape index (κ2) is 10.1. The van der Waals surface area contributed by atoms with Crippen molar-refractivity contribution < 1.29 is 4.79 Å². The third-order valence-corrected chi connectivity index (χ3v) is 5.79. The van der Waals surface area contributed by atoms with Crippen molar-refractivity contribution in [3.8, 4) is 0 Å². The first-order valence-electron chi connectivity index (χ1n) is 10.1. The average Bonchev–Trinajstić information content (AvgIpc) is 2.94. The minimum absolute atomic E-state index is 0. The number of rotatable bonds is 6. The number of likely N-dealkylation sites (tertiary alicyclic amines) is 1. The Balaban J connectivity index is 0.00000280. The fourth-order valence-electron chi connectivity index (χ4n) is 4.07. The molecule has 154 valence electrons. The molecule has 28 heavy (non-hydrogen) atoms. The third-order valence-electron chi connectivity index (χ3n) is 5.79. The Morgan fingerprint density at radius 1 is 1.18 bits per heavy atom. The lowest BCUT2D eigenvalue weighted by molar-refractivity contribution is -0.134. The van der Waals surface area contributed by atoms with Gasteiger partial charge in [-0.05, 0) is 57.6 Å². The number of piperidine rings is 1. The number of aromatic nitrogens is 2. The lowest BCUT2D eigenvalue weighted by atomic mass is 10.0. The molecule has 1 saturated heterocycles.